The minimum atomic E-state index is 0.486. The summed E-state index contributed by atoms with van der Waals surface area (Å²) in [5.41, 5.74) is 0.881. The Bertz CT molecular complexity index is 396. The zero-order valence-corrected chi connectivity index (χ0v) is 11.3. The number of methoxy groups -OCH3 is 1. The van der Waals surface area contributed by atoms with Crippen molar-refractivity contribution in [2.75, 3.05) is 32.2 Å². The van der Waals surface area contributed by atoms with Gasteiger partial charge in [0.15, 0.2) is 5.11 Å². The largest absolute Gasteiger partial charge is 0.489 e. The lowest BCUT2D eigenvalue weighted by Crippen LogP contribution is -2.31. The molecular formula is C13H18N2O2S. The summed E-state index contributed by atoms with van der Waals surface area (Å²) in [5.74, 6) is 0.777. The maximum atomic E-state index is 5.43. The van der Waals surface area contributed by atoms with Gasteiger partial charge in [-0.3, -0.25) is 0 Å². The van der Waals surface area contributed by atoms with E-state index in [0.29, 0.717) is 24.9 Å². The molecule has 18 heavy (non-hydrogen) atoms. The number of ether oxygens (including phenoxy) is 2. The van der Waals surface area contributed by atoms with Crippen molar-refractivity contribution in [3.8, 4) is 5.75 Å². The molecule has 0 amide bonds. The van der Waals surface area contributed by atoms with Crippen molar-refractivity contribution in [2.45, 2.75) is 0 Å². The van der Waals surface area contributed by atoms with Crippen molar-refractivity contribution in [1.29, 1.82) is 0 Å². The van der Waals surface area contributed by atoms with Gasteiger partial charge in [0.25, 0.3) is 0 Å². The first-order valence-electron chi connectivity index (χ1n) is 5.64. The lowest BCUT2D eigenvalue weighted by molar-refractivity contribution is 0.204. The van der Waals surface area contributed by atoms with E-state index in [1.165, 1.54) is 0 Å². The number of hydrogen-bond donors (Lipinski definition) is 2. The van der Waals surface area contributed by atoms with Gasteiger partial charge in [-0.25, -0.2) is 0 Å². The van der Waals surface area contributed by atoms with Crippen molar-refractivity contribution in [2.24, 2.45) is 0 Å². The number of hydrogen-bond acceptors (Lipinski definition) is 3. The highest BCUT2D eigenvalue weighted by atomic mass is 32.1. The van der Waals surface area contributed by atoms with Gasteiger partial charge in [0.1, 0.15) is 12.4 Å². The molecule has 0 aliphatic carbocycles. The zero-order valence-electron chi connectivity index (χ0n) is 10.4. The van der Waals surface area contributed by atoms with E-state index in [2.05, 4.69) is 17.2 Å². The van der Waals surface area contributed by atoms with Crippen LogP contribution in [0.25, 0.3) is 0 Å². The Morgan fingerprint density at radius 2 is 2.33 bits per heavy atom. The molecule has 0 aliphatic heterocycles. The monoisotopic (exact) mass is 266 g/mol. The van der Waals surface area contributed by atoms with Gasteiger partial charge in [-0.05, 0) is 24.4 Å². The quantitative estimate of drug-likeness (QED) is 0.450. The molecular weight excluding hydrogens is 248 g/mol. The SMILES string of the molecule is C=CCOc1cccc(NC(=S)NCCOC)c1. The molecule has 98 valence electrons. The third kappa shape index (κ3) is 5.65. The predicted molar refractivity (Wildman–Crippen MR) is 78.2 cm³/mol. The average Bonchev–Trinajstić information content (AvgIpc) is 2.37. The molecule has 0 fully saturated rings. The summed E-state index contributed by atoms with van der Waals surface area (Å²) in [6, 6.07) is 7.59. The highest BCUT2D eigenvalue weighted by molar-refractivity contribution is 7.80. The van der Waals surface area contributed by atoms with Crippen LogP contribution in [0.1, 0.15) is 0 Å². The Morgan fingerprint density at radius 3 is 3.06 bits per heavy atom. The molecule has 1 aromatic rings. The fourth-order valence-electron chi connectivity index (χ4n) is 1.26. The maximum Gasteiger partial charge on any atom is 0.170 e. The second-order valence-corrected chi connectivity index (χ2v) is 3.91. The maximum absolute atomic E-state index is 5.43. The third-order valence-electron chi connectivity index (χ3n) is 2.05. The van der Waals surface area contributed by atoms with Crippen LogP contribution in [0.5, 0.6) is 5.75 Å². The Labute approximate surface area is 113 Å². The van der Waals surface area contributed by atoms with Gasteiger partial charge in [-0.1, -0.05) is 18.7 Å². The van der Waals surface area contributed by atoms with Gasteiger partial charge in [0, 0.05) is 25.4 Å². The third-order valence-corrected chi connectivity index (χ3v) is 2.30. The molecule has 1 aromatic carbocycles. The first-order valence-corrected chi connectivity index (χ1v) is 6.04. The molecule has 0 bridgehead atoms. The number of rotatable bonds is 7. The van der Waals surface area contributed by atoms with Gasteiger partial charge < -0.3 is 20.1 Å². The first-order chi connectivity index (χ1) is 8.76. The number of nitrogens with one attached hydrogen (secondary N) is 2. The van der Waals surface area contributed by atoms with Gasteiger partial charge in [-0.15, -0.1) is 0 Å². The van der Waals surface area contributed by atoms with Crippen molar-refractivity contribution >= 4 is 23.0 Å². The Balaban J connectivity index is 2.45. The van der Waals surface area contributed by atoms with Crippen molar-refractivity contribution in [1.82, 2.24) is 5.32 Å². The second kappa shape index (κ2) is 8.49. The Morgan fingerprint density at radius 1 is 1.50 bits per heavy atom. The summed E-state index contributed by atoms with van der Waals surface area (Å²) in [7, 11) is 1.65. The van der Waals surface area contributed by atoms with Crippen LogP contribution >= 0.6 is 12.2 Å². The van der Waals surface area contributed by atoms with E-state index in [0.717, 1.165) is 11.4 Å². The summed E-state index contributed by atoms with van der Waals surface area (Å²) in [6.45, 7) is 5.38. The number of anilines is 1. The lowest BCUT2D eigenvalue weighted by Gasteiger charge is -2.11. The van der Waals surface area contributed by atoms with Crippen LogP contribution in [0.4, 0.5) is 5.69 Å². The van der Waals surface area contributed by atoms with E-state index in [-0.39, 0.29) is 0 Å². The molecule has 0 aromatic heterocycles. The Kier molecular flexibility index (Phi) is 6.83. The van der Waals surface area contributed by atoms with E-state index >= 15 is 0 Å². The smallest absolute Gasteiger partial charge is 0.170 e. The molecule has 0 radical (unpaired) electrons. The summed E-state index contributed by atoms with van der Waals surface area (Å²) >= 11 is 5.15. The standard InChI is InChI=1S/C13H18N2O2S/c1-3-8-17-12-6-4-5-11(10-12)15-13(18)14-7-9-16-2/h3-6,10H,1,7-9H2,2H3,(H2,14,15,18). The van der Waals surface area contributed by atoms with Crippen LogP contribution in [0.3, 0.4) is 0 Å². The molecule has 5 heteroatoms. The normalized spacial score (nSPS) is 9.61. The fraction of sp³-hybridized carbons (Fsp3) is 0.308. The van der Waals surface area contributed by atoms with E-state index in [4.69, 9.17) is 21.7 Å². The van der Waals surface area contributed by atoms with Crippen LogP contribution in [-0.2, 0) is 4.74 Å². The van der Waals surface area contributed by atoms with Crippen LogP contribution in [0.15, 0.2) is 36.9 Å². The molecule has 0 atom stereocenters. The van der Waals surface area contributed by atoms with Crippen molar-refractivity contribution < 1.29 is 9.47 Å². The molecule has 2 N–H and O–H groups in total. The molecule has 0 spiro atoms. The molecule has 0 saturated carbocycles. The molecule has 1 rings (SSSR count). The lowest BCUT2D eigenvalue weighted by atomic mass is 10.3. The average molecular weight is 266 g/mol. The van der Waals surface area contributed by atoms with Crippen molar-refractivity contribution in [3.63, 3.8) is 0 Å². The van der Waals surface area contributed by atoms with Gasteiger partial charge in [0.05, 0.1) is 6.61 Å². The molecule has 4 nitrogen and oxygen atoms in total. The minimum Gasteiger partial charge on any atom is -0.489 e. The van der Waals surface area contributed by atoms with Crippen LogP contribution in [-0.4, -0.2) is 32.0 Å². The summed E-state index contributed by atoms with van der Waals surface area (Å²) < 4.78 is 10.4. The van der Waals surface area contributed by atoms with Gasteiger partial charge in [-0.2, -0.15) is 0 Å². The van der Waals surface area contributed by atoms with Crippen LogP contribution < -0.4 is 15.4 Å². The number of thiocarbonyl (C=S) groups is 1. The fourth-order valence-corrected chi connectivity index (χ4v) is 1.48. The Hall–Kier alpha value is -1.59. The van der Waals surface area contributed by atoms with Gasteiger partial charge in [0.2, 0.25) is 0 Å². The van der Waals surface area contributed by atoms with E-state index in [1.54, 1.807) is 13.2 Å². The topological polar surface area (TPSA) is 42.5 Å². The molecule has 0 aliphatic rings. The first kappa shape index (κ1) is 14.5. The second-order valence-electron chi connectivity index (χ2n) is 3.50. The van der Waals surface area contributed by atoms with Crippen LogP contribution in [0.2, 0.25) is 0 Å². The van der Waals surface area contributed by atoms with Gasteiger partial charge >= 0.3 is 0 Å². The predicted octanol–water partition coefficient (Wildman–Crippen LogP) is 2.18. The molecule has 0 saturated heterocycles. The molecule has 0 unspecified atom stereocenters. The zero-order chi connectivity index (χ0) is 13.2. The van der Waals surface area contributed by atoms with E-state index < -0.39 is 0 Å². The summed E-state index contributed by atoms with van der Waals surface area (Å²) in [5, 5.41) is 6.67. The highest BCUT2D eigenvalue weighted by Crippen LogP contribution is 2.17. The van der Waals surface area contributed by atoms with E-state index in [1.807, 2.05) is 24.3 Å². The van der Waals surface area contributed by atoms with Crippen molar-refractivity contribution in [3.05, 3.63) is 36.9 Å². The molecule has 0 heterocycles. The minimum absolute atomic E-state index is 0.486. The highest BCUT2D eigenvalue weighted by Gasteiger charge is 1.99. The summed E-state index contributed by atoms with van der Waals surface area (Å²) in [6.07, 6.45) is 1.71. The van der Waals surface area contributed by atoms with E-state index in [9.17, 15) is 0 Å². The number of benzene rings is 1. The van der Waals surface area contributed by atoms with Crippen LogP contribution in [0, 0.1) is 0 Å². The summed E-state index contributed by atoms with van der Waals surface area (Å²) in [4.78, 5) is 0.